The van der Waals surface area contributed by atoms with Crippen LogP contribution in [0.5, 0.6) is 0 Å². The lowest BCUT2D eigenvalue weighted by atomic mass is 10.1. The van der Waals surface area contributed by atoms with Gasteiger partial charge in [0.05, 0.1) is 6.04 Å². The average Bonchev–Trinajstić information content (AvgIpc) is 3.28. The monoisotopic (exact) mass is 300 g/mol. The van der Waals surface area contributed by atoms with Gasteiger partial charge in [-0.1, -0.05) is 37.1 Å². The van der Waals surface area contributed by atoms with Crippen LogP contribution in [0, 0.1) is 0 Å². The number of fused-ring (bicyclic) bond motifs is 1. The Hall–Kier alpha value is -1.35. The zero-order chi connectivity index (χ0) is 15.4. The second kappa shape index (κ2) is 7.28. The van der Waals surface area contributed by atoms with E-state index in [-0.39, 0.29) is 0 Å². The van der Waals surface area contributed by atoms with Crippen LogP contribution in [0.2, 0.25) is 0 Å². The Morgan fingerprint density at radius 1 is 1.09 bits per heavy atom. The topological polar surface area (TPSA) is 46.3 Å². The van der Waals surface area contributed by atoms with Gasteiger partial charge < -0.3 is 10.6 Å². The van der Waals surface area contributed by atoms with E-state index in [2.05, 4.69) is 29.2 Å². The van der Waals surface area contributed by atoms with E-state index in [1.807, 2.05) is 0 Å². The predicted octanol–water partition coefficient (Wildman–Crippen LogP) is 3.57. The molecule has 1 aromatic carbocycles. The van der Waals surface area contributed by atoms with Crippen molar-refractivity contribution in [2.45, 2.75) is 69.9 Å². The van der Waals surface area contributed by atoms with E-state index in [1.165, 1.54) is 24.0 Å². The largest absolute Gasteiger partial charge is 0.333 e. The van der Waals surface area contributed by atoms with E-state index >= 15 is 0 Å². The Morgan fingerprint density at radius 2 is 1.86 bits per heavy atom. The molecule has 22 heavy (non-hydrogen) atoms. The molecule has 3 heteroatoms. The fourth-order valence-electron chi connectivity index (χ4n) is 3.71. The Labute approximate surface area is 133 Å². The molecule has 0 spiro atoms. The van der Waals surface area contributed by atoms with E-state index < -0.39 is 0 Å². The predicted molar refractivity (Wildman–Crippen MR) is 89.5 cm³/mol. The van der Waals surface area contributed by atoms with Crippen molar-refractivity contribution in [2.75, 3.05) is 6.54 Å². The summed E-state index contributed by atoms with van der Waals surface area (Å²) >= 11 is 0. The molecule has 1 amide bonds. The molecule has 1 unspecified atom stereocenters. The van der Waals surface area contributed by atoms with Crippen LogP contribution in [0.25, 0.3) is 0 Å². The molecule has 1 fully saturated rings. The number of nitrogens with zero attached hydrogens (tertiary/aromatic N) is 1. The number of nitrogens with two attached hydrogens (primary N) is 1. The Balaban J connectivity index is 1.60. The van der Waals surface area contributed by atoms with Gasteiger partial charge in [-0.15, -0.1) is 0 Å². The van der Waals surface area contributed by atoms with E-state index in [0.717, 1.165) is 45.1 Å². The number of benzene rings is 1. The molecule has 3 nitrogen and oxygen atoms in total. The summed E-state index contributed by atoms with van der Waals surface area (Å²) in [7, 11) is 0. The van der Waals surface area contributed by atoms with E-state index in [4.69, 9.17) is 5.73 Å². The van der Waals surface area contributed by atoms with Crippen molar-refractivity contribution in [1.29, 1.82) is 0 Å². The van der Waals surface area contributed by atoms with Crippen molar-refractivity contribution in [3.05, 3.63) is 35.4 Å². The summed E-state index contributed by atoms with van der Waals surface area (Å²) in [4.78, 5) is 15.0. The third kappa shape index (κ3) is 3.52. The first kappa shape index (κ1) is 15.5. The zero-order valence-corrected chi connectivity index (χ0v) is 13.5. The Kier molecular flexibility index (Phi) is 5.14. The maximum Gasteiger partial charge on any atom is 0.223 e. The number of aryl methyl sites for hydroxylation is 1. The molecule has 0 bridgehead atoms. The van der Waals surface area contributed by atoms with Crippen molar-refractivity contribution >= 4 is 5.91 Å². The van der Waals surface area contributed by atoms with Gasteiger partial charge in [-0.2, -0.15) is 0 Å². The summed E-state index contributed by atoms with van der Waals surface area (Å²) in [5.41, 5.74) is 8.35. The van der Waals surface area contributed by atoms with E-state index in [1.54, 1.807) is 0 Å². The minimum atomic E-state index is 0.334. The van der Waals surface area contributed by atoms with Crippen LogP contribution < -0.4 is 5.73 Å². The van der Waals surface area contributed by atoms with Crippen molar-refractivity contribution < 1.29 is 4.79 Å². The third-order valence-corrected chi connectivity index (χ3v) is 5.01. The molecular weight excluding hydrogens is 272 g/mol. The second-order valence-corrected chi connectivity index (χ2v) is 6.74. The molecule has 0 heterocycles. The summed E-state index contributed by atoms with van der Waals surface area (Å²) < 4.78 is 0. The Bertz CT molecular complexity index is 510. The highest BCUT2D eigenvalue weighted by molar-refractivity contribution is 5.77. The van der Waals surface area contributed by atoms with Crippen LogP contribution in [0.1, 0.15) is 68.5 Å². The van der Waals surface area contributed by atoms with Crippen LogP contribution in [0.4, 0.5) is 0 Å². The first-order valence-corrected chi connectivity index (χ1v) is 8.90. The number of unbranched alkanes of at least 4 members (excludes halogenated alkanes) is 3. The fourth-order valence-corrected chi connectivity index (χ4v) is 3.71. The van der Waals surface area contributed by atoms with Crippen molar-refractivity contribution in [2.24, 2.45) is 5.73 Å². The van der Waals surface area contributed by atoms with Crippen LogP contribution in [-0.2, 0) is 11.2 Å². The highest BCUT2D eigenvalue weighted by atomic mass is 16.2. The minimum Gasteiger partial charge on any atom is -0.333 e. The number of rotatable bonds is 8. The van der Waals surface area contributed by atoms with Gasteiger partial charge >= 0.3 is 0 Å². The fraction of sp³-hybridized carbons (Fsp3) is 0.632. The number of hydrogen-bond acceptors (Lipinski definition) is 2. The molecular formula is C19H28N2O. The van der Waals surface area contributed by atoms with E-state index in [0.29, 0.717) is 24.4 Å². The third-order valence-electron chi connectivity index (χ3n) is 5.01. The van der Waals surface area contributed by atoms with Crippen LogP contribution in [0.3, 0.4) is 0 Å². The quantitative estimate of drug-likeness (QED) is 0.746. The molecule has 1 saturated carbocycles. The first-order valence-electron chi connectivity index (χ1n) is 8.90. The minimum absolute atomic E-state index is 0.334. The van der Waals surface area contributed by atoms with Crippen molar-refractivity contribution in [1.82, 2.24) is 4.90 Å². The smallest absolute Gasteiger partial charge is 0.223 e. The number of hydrogen-bond donors (Lipinski definition) is 1. The summed E-state index contributed by atoms with van der Waals surface area (Å²) in [5, 5.41) is 0. The van der Waals surface area contributed by atoms with Gasteiger partial charge in [0.25, 0.3) is 0 Å². The molecule has 1 aromatic rings. The molecule has 2 aliphatic carbocycles. The van der Waals surface area contributed by atoms with Crippen LogP contribution in [0.15, 0.2) is 24.3 Å². The van der Waals surface area contributed by atoms with Crippen LogP contribution >= 0.6 is 0 Å². The maximum absolute atomic E-state index is 12.8. The molecule has 2 N–H and O–H groups in total. The lowest BCUT2D eigenvalue weighted by molar-refractivity contribution is -0.134. The average molecular weight is 300 g/mol. The molecule has 1 atom stereocenters. The van der Waals surface area contributed by atoms with Crippen LogP contribution in [-0.4, -0.2) is 23.4 Å². The highest BCUT2D eigenvalue weighted by Crippen LogP contribution is 2.42. The van der Waals surface area contributed by atoms with Gasteiger partial charge in [0, 0.05) is 12.5 Å². The summed E-state index contributed by atoms with van der Waals surface area (Å²) in [6.07, 6.45) is 9.69. The maximum atomic E-state index is 12.8. The normalized spacial score (nSPS) is 20.0. The highest BCUT2D eigenvalue weighted by Gasteiger charge is 2.39. The summed E-state index contributed by atoms with van der Waals surface area (Å²) in [5.74, 6) is 0.372. The lowest BCUT2D eigenvalue weighted by Gasteiger charge is -2.30. The van der Waals surface area contributed by atoms with Gasteiger partial charge in [0.1, 0.15) is 0 Å². The number of amides is 1. The second-order valence-electron chi connectivity index (χ2n) is 6.74. The van der Waals surface area contributed by atoms with Gasteiger partial charge in [-0.05, 0) is 56.2 Å². The lowest BCUT2D eigenvalue weighted by Crippen LogP contribution is -2.35. The standard InChI is InChI=1S/C19H28N2O/c20-14-6-2-1-3-9-19(22)21(16-11-12-16)18-13-10-15-7-4-5-8-17(15)18/h4-5,7-8,16,18H,1-3,6,9-14,20H2. The Morgan fingerprint density at radius 3 is 2.64 bits per heavy atom. The first-order chi connectivity index (χ1) is 10.8. The van der Waals surface area contributed by atoms with Crippen molar-refractivity contribution in [3.8, 4) is 0 Å². The molecule has 3 rings (SSSR count). The summed E-state index contributed by atoms with van der Waals surface area (Å²) in [6.45, 7) is 0.765. The molecule has 0 aliphatic heterocycles. The number of carbonyl (C=O) groups excluding carboxylic acids is 1. The van der Waals surface area contributed by atoms with Gasteiger partial charge in [-0.25, -0.2) is 0 Å². The summed E-state index contributed by atoms with van der Waals surface area (Å²) in [6, 6.07) is 9.50. The molecule has 0 saturated heterocycles. The van der Waals surface area contributed by atoms with Gasteiger partial charge in [-0.3, -0.25) is 4.79 Å². The molecule has 120 valence electrons. The van der Waals surface area contributed by atoms with Gasteiger partial charge in [0.2, 0.25) is 5.91 Å². The molecule has 0 aromatic heterocycles. The van der Waals surface area contributed by atoms with Gasteiger partial charge in [0.15, 0.2) is 0 Å². The number of carbonyl (C=O) groups is 1. The zero-order valence-electron chi connectivity index (χ0n) is 13.5. The van der Waals surface area contributed by atoms with E-state index in [9.17, 15) is 4.79 Å². The van der Waals surface area contributed by atoms with Crippen molar-refractivity contribution in [3.63, 3.8) is 0 Å². The SMILES string of the molecule is NCCCCCCC(=O)N(C1CC1)C1CCc2ccccc21. The molecule has 2 aliphatic rings. The molecule has 0 radical (unpaired) electrons.